The van der Waals surface area contributed by atoms with Crippen LogP contribution in [0.4, 0.5) is 0 Å². The maximum atomic E-state index is 9.72. The lowest BCUT2D eigenvalue weighted by atomic mass is 10.3. The Morgan fingerprint density at radius 1 is 1.07 bits per heavy atom. The minimum Gasteiger partial charge on any atom is -0.481 e. The fourth-order valence-electron chi connectivity index (χ4n) is 0.253. The molecule has 0 radical (unpaired) electrons. The van der Waals surface area contributed by atoms with Crippen molar-refractivity contribution in [3.63, 3.8) is 0 Å². The molecule has 0 aromatic rings. The zero-order chi connectivity index (χ0) is 12.9. The third kappa shape index (κ3) is 32.3. The average Bonchev–Trinajstić information content (AvgIpc) is 2.05. The van der Waals surface area contributed by atoms with Crippen LogP contribution in [0.25, 0.3) is 0 Å². The highest BCUT2D eigenvalue weighted by Crippen LogP contribution is 1.89. The summed E-state index contributed by atoms with van der Waals surface area (Å²) >= 11 is 0. The van der Waals surface area contributed by atoms with Crippen molar-refractivity contribution in [1.29, 1.82) is 0 Å². The zero-order valence-electron chi connectivity index (χ0n) is 9.44. The third-order valence-corrected chi connectivity index (χ3v) is 0.653. The number of aliphatic carboxylic acids is 2. The molecule has 92 valence electrons. The van der Waals surface area contributed by atoms with Crippen molar-refractivity contribution in [3.05, 3.63) is 0 Å². The van der Waals surface area contributed by atoms with E-state index in [1.165, 1.54) is 0 Å². The molecule has 1 unspecified atom stereocenters. The van der Waals surface area contributed by atoms with Gasteiger partial charge in [-0.05, 0) is 28.2 Å². The Morgan fingerprint density at radius 2 is 1.33 bits per heavy atom. The third-order valence-electron chi connectivity index (χ3n) is 0.653. The maximum absolute atomic E-state index is 9.72. The maximum Gasteiger partial charge on any atom is 0.333 e. The van der Waals surface area contributed by atoms with Gasteiger partial charge in [0.05, 0.1) is 6.42 Å². The summed E-state index contributed by atoms with van der Waals surface area (Å²) in [6, 6.07) is 0. The fourth-order valence-corrected chi connectivity index (χ4v) is 0.253. The molecule has 7 heteroatoms. The number of hydrogen-bond acceptors (Lipinski definition) is 5. The molecule has 0 amide bonds. The number of nitrogens with one attached hydrogen (secondary N) is 2. The Balaban J connectivity index is -0.000000200. The highest BCUT2D eigenvalue weighted by atomic mass is 16.4. The lowest BCUT2D eigenvalue weighted by Crippen LogP contribution is -2.22. The number of aliphatic hydroxyl groups excluding tert-OH is 1. The first-order chi connectivity index (χ1) is 6.87. The molecule has 1 atom stereocenters. The number of carboxylic acids is 2. The van der Waals surface area contributed by atoms with E-state index in [0.717, 1.165) is 0 Å². The highest BCUT2D eigenvalue weighted by molar-refractivity contribution is 5.79. The van der Waals surface area contributed by atoms with E-state index in [1.54, 1.807) is 0 Å². The minimum atomic E-state index is -1.79. The van der Waals surface area contributed by atoms with Gasteiger partial charge in [0.2, 0.25) is 0 Å². The first-order valence-electron chi connectivity index (χ1n) is 4.16. The quantitative estimate of drug-likeness (QED) is 0.399. The number of carboxylic acid groups (broad SMARTS) is 2. The van der Waals surface area contributed by atoms with Crippen LogP contribution in [0.1, 0.15) is 6.42 Å². The molecule has 0 aromatic carbocycles. The van der Waals surface area contributed by atoms with Gasteiger partial charge in [0.1, 0.15) is 0 Å². The van der Waals surface area contributed by atoms with Crippen LogP contribution in [0, 0.1) is 0 Å². The number of carbonyl (C=O) groups is 2. The molecule has 0 heterocycles. The molecule has 0 saturated carbocycles. The molecule has 0 spiro atoms. The van der Waals surface area contributed by atoms with Gasteiger partial charge < -0.3 is 26.0 Å². The van der Waals surface area contributed by atoms with Gasteiger partial charge in [0.15, 0.2) is 6.10 Å². The normalized spacial score (nSPS) is 9.93. The average molecular weight is 224 g/mol. The lowest BCUT2D eigenvalue weighted by molar-refractivity contribution is -0.152. The molecule has 7 nitrogen and oxygen atoms in total. The summed E-state index contributed by atoms with van der Waals surface area (Å²) in [7, 11) is 7.50. The van der Waals surface area contributed by atoms with Gasteiger partial charge in [-0.25, -0.2) is 4.79 Å². The van der Waals surface area contributed by atoms with E-state index in [-0.39, 0.29) is 0 Å². The zero-order valence-corrected chi connectivity index (χ0v) is 9.44. The van der Waals surface area contributed by atoms with Gasteiger partial charge in [-0.2, -0.15) is 0 Å². The van der Waals surface area contributed by atoms with Gasteiger partial charge in [0.25, 0.3) is 0 Å². The number of aliphatic hydroxyl groups is 1. The van der Waals surface area contributed by atoms with Crippen LogP contribution >= 0.6 is 0 Å². The molecule has 0 aliphatic heterocycles. The minimum absolute atomic E-state index is 0.755. The van der Waals surface area contributed by atoms with Crippen molar-refractivity contribution < 1.29 is 24.9 Å². The Bertz CT molecular complexity index is 161. The molecule has 0 saturated heterocycles. The van der Waals surface area contributed by atoms with E-state index in [1.807, 2.05) is 28.2 Å². The molecule has 0 fully saturated rings. The van der Waals surface area contributed by atoms with Crippen molar-refractivity contribution in [3.8, 4) is 0 Å². The topological polar surface area (TPSA) is 119 Å². The second-order valence-corrected chi connectivity index (χ2v) is 2.45. The van der Waals surface area contributed by atoms with Gasteiger partial charge in [-0.15, -0.1) is 0 Å². The van der Waals surface area contributed by atoms with Crippen LogP contribution in [0.2, 0.25) is 0 Å². The molecule has 0 aromatic heterocycles. The van der Waals surface area contributed by atoms with Crippen molar-refractivity contribution in [2.75, 3.05) is 28.2 Å². The summed E-state index contributed by atoms with van der Waals surface area (Å²) in [5.41, 5.74) is 0. The fraction of sp³-hybridized carbons (Fsp3) is 0.750. The predicted octanol–water partition coefficient (Wildman–Crippen LogP) is -1.42. The van der Waals surface area contributed by atoms with Crippen molar-refractivity contribution in [2.24, 2.45) is 0 Å². The van der Waals surface area contributed by atoms with Gasteiger partial charge in [0, 0.05) is 0 Å². The van der Waals surface area contributed by atoms with Gasteiger partial charge in [-0.3, -0.25) is 4.79 Å². The largest absolute Gasteiger partial charge is 0.481 e. The van der Waals surface area contributed by atoms with Crippen LogP contribution in [0.3, 0.4) is 0 Å². The standard InChI is InChI=1S/C4H6O5.2C2H7N/c5-2(4(8)9)1-3(6)7;2*1-3-2/h2,5H,1H2,(H,6,7)(H,8,9);2*3H,1-2H3. The van der Waals surface area contributed by atoms with Gasteiger partial charge >= 0.3 is 11.9 Å². The molecular weight excluding hydrogens is 204 g/mol. The SMILES string of the molecule is CNC.CNC.O=C(O)CC(O)C(=O)O. The Kier molecular flexibility index (Phi) is 19.8. The van der Waals surface area contributed by atoms with E-state index in [0.29, 0.717) is 0 Å². The molecule has 0 rings (SSSR count). The summed E-state index contributed by atoms with van der Waals surface area (Å²) in [6.07, 6.45) is -2.54. The smallest absolute Gasteiger partial charge is 0.333 e. The summed E-state index contributed by atoms with van der Waals surface area (Å²) in [4.78, 5) is 19.4. The van der Waals surface area contributed by atoms with E-state index < -0.39 is 24.5 Å². The monoisotopic (exact) mass is 224 g/mol. The molecule has 0 bridgehead atoms. The number of hydrogen-bond donors (Lipinski definition) is 5. The molecular formula is C8H20N2O5. The molecule has 0 aliphatic carbocycles. The van der Waals surface area contributed by atoms with E-state index in [9.17, 15) is 9.59 Å². The lowest BCUT2D eigenvalue weighted by Gasteiger charge is -1.97. The van der Waals surface area contributed by atoms with Crippen LogP contribution in [0.15, 0.2) is 0 Å². The van der Waals surface area contributed by atoms with Crippen molar-refractivity contribution >= 4 is 11.9 Å². The highest BCUT2D eigenvalue weighted by Gasteiger charge is 2.16. The number of rotatable bonds is 3. The van der Waals surface area contributed by atoms with Crippen molar-refractivity contribution in [2.45, 2.75) is 12.5 Å². The predicted molar refractivity (Wildman–Crippen MR) is 55.9 cm³/mol. The Morgan fingerprint density at radius 3 is 1.40 bits per heavy atom. The van der Waals surface area contributed by atoms with E-state index in [4.69, 9.17) is 15.3 Å². The summed E-state index contributed by atoms with van der Waals surface area (Å²) < 4.78 is 0. The van der Waals surface area contributed by atoms with Gasteiger partial charge in [-0.1, -0.05) is 0 Å². The van der Waals surface area contributed by atoms with Crippen LogP contribution in [-0.4, -0.2) is 61.6 Å². The summed E-state index contributed by atoms with van der Waals surface area (Å²) in [5, 5.41) is 29.6. The second-order valence-electron chi connectivity index (χ2n) is 2.45. The molecule has 0 aliphatic rings. The Labute approximate surface area is 89.1 Å². The first kappa shape index (κ1) is 19.4. The summed E-state index contributed by atoms with van der Waals surface area (Å²) in [5.74, 6) is -2.85. The van der Waals surface area contributed by atoms with Crippen LogP contribution in [0.5, 0.6) is 0 Å². The van der Waals surface area contributed by atoms with Crippen molar-refractivity contribution in [1.82, 2.24) is 10.6 Å². The molecule has 15 heavy (non-hydrogen) atoms. The summed E-state index contributed by atoms with van der Waals surface area (Å²) in [6.45, 7) is 0. The second kappa shape index (κ2) is 15.3. The van der Waals surface area contributed by atoms with E-state index >= 15 is 0 Å². The first-order valence-corrected chi connectivity index (χ1v) is 4.16. The Hall–Kier alpha value is -1.18. The van der Waals surface area contributed by atoms with Crippen LogP contribution < -0.4 is 10.6 Å². The molecule has 5 N–H and O–H groups in total. The van der Waals surface area contributed by atoms with Crippen LogP contribution in [-0.2, 0) is 9.59 Å². The van der Waals surface area contributed by atoms with E-state index in [2.05, 4.69) is 10.6 Å².